The van der Waals surface area contributed by atoms with E-state index in [1.807, 2.05) is 37.4 Å². The highest BCUT2D eigenvalue weighted by Gasteiger charge is 2.30. The van der Waals surface area contributed by atoms with Crippen molar-refractivity contribution in [1.82, 2.24) is 14.1 Å². The minimum Gasteiger partial charge on any atom is -0.494 e. The van der Waals surface area contributed by atoms with Gasteiger partial charge < -0.3 is 5.11 Å². The van der Waals surface area contributed by atoms with Crippen molar-refractivity contribution in [1.29, 1.82) is 0 Å². The number of nitrogens with zero attached hydrogens (tertiary/aromatic N) is 4. The van der Waals surface area contributed by atoms with Crippen molar-refractivity contribution in [2.45, 2.75) is 12.5 Å². The normalized spacial score (nSPS) is 17.4. The summed E-state index contributed by atoms with van der Waals surface area (Å²) in [6.07, 6.45) is 0.488. The van der Waals surface area contributed by atoms with Crippen LogP contribution in [0.3, 0.4) is 0 Å². The van der Waals surface area contributed by atoms with Crippen LogP contribution in [0.25, 0.3) is 0 Å². The summed E-state index contributed by atoms with van der Waals surface area (Å²) in [6, 6.07) is 9.83. The molecule has 7 heteroatoms. The molecule has 0 bridgehead atoms. The molecule has 0 saturated heterocycles. The maximum atomic E-state index is 12.4. The third-order valence-electron chi connectivity index (χ3n) is 4.22. The van der Waals surface area contributed by atoms with E-state index in [1.54, 1.807) is 5.01 Å². The molecule has 3 rings (SSSR count). The van der Waals surface area contributed by atoms with E-state index in [1.165, 1.54) is 14.1 Å². The predicted molar refractivity (Wildman–Crippen MR) is 86.7 cm³/mol. The van der Waals surface area contributed by atoms with Gasteiger partial charge in [-0.15, -0.1) is 0 Å². The molecule has 0 amide bonds. The number of aromatic hydroxyl groups is 1. The van der Waals surface area contributed by atoms with Gasteiger partial charge in [0.2, 0.25) is 5.88 Å². The average molecular weight is 314 g/mol. The number of benzene rings is 1. The van der Waals surface area contributed by atoms with Gasteiger partial charge in [-0.25, -0.2) is 4.79 Å². The molecule has 2 aromatic rings. The SMILES string of the molecule is CN1N=C(c2c(O)n(C)c(=O)n(C)c2=O)CC1c1ccccc1. The van der Waals surface area contributed by atoms with E-state index in [0.717, 1.165) is 14.7 Å². The van der Waals surface area contributed by atoms with Crippen LogP contribution in [0.5, 0.6) is 5.88 Å². The second-order valence-electron chi connectivity index (χ2n) is 5.66. The lowest BCUT2D eigenvalue weighted by Crippen LogP contribution is -2.39. The fourth-order valence-electron chi connectivity index (χ4n) is 2.86. The van der Waals surface area contributed by atoms with E-state index >= 15 is 0 Å². The Labute approximate surface area is 132 Å². The number of hydrogen-bond acceptors (Lipinski definition) is 5. The molecule has 2 heterocycles. The second-order valence-corrected chi connectivity index (χ2v) is 5.66. The molecule has 1 atom stereocenters. The molecule has 0 aliphatic carbocycles. The average Bonchev–Trinajstić information content (AvgIpc) is 2.93. The lowest BCUT2D eigenvalue weighted by atomic mass is 9.99. The minimum absolute atomic E-state index is 0.00691. The van der Waals surface area contributed by atoms with Gasteiger partial charge in [0.05, 0.1) is 11.8 Å². The first kappa shape index (κ1) is 15.1. The van der Waals surface area contributed by atoms with E-state index in [0.29, 0.717) is 12.1 Å². The molecule has 1 aromatic carbocycles. The van der Waals surface area contributed by atoms with Crippen LogP contribution in [0.2, 0.25) is 0 Å². The summed E-state index contributed by atoms with van der Waals surface area (Å²) in [5.74, 6) is -0.348. The first-order valence-corrected chi connectivity index (χ1v) is 7.26. The third-order valence-corrected chi connectivity index (χ3v) is 4.22. The van der Waals surface area contributed by atoms with Crippen LogP contribution in [-0.4, -0.2) is 32.0 Å². The van der Waals surface area contributed by atoms with Crippen LogP contribution in [0, 0.1) is 0 Å². The Morgan fingerprint density at radius 3 is 2.39 bits per heavy atom. The fourth-order valence-corrected chi connectivity index (χ4v) is 2.86. The molecule has 1 N–H and O–H groups in total. The Hall–Kier alpha value is -2.83. The van der Waals surface area contributed by atoms with Gasteiger partial charge in [-0.05, 0) is 5.56 Å². The molecule has 7 nitrogen and oxygen atoms in total. The van der Waals surface area contributed by atoms with E-state index in [-0.39, 0.29) is 17.5 Å². The molecule has 120 valence electrons. The van der Waals surface area contributed by atoms with Gasteiger partial charge in [0.25, 0.3) is 5.56 Å². The van der Waals surface area contributed by atoms with Crippen LogP contribution in [0.4, 0.5) is 0 Å². The van der Waals surface area contributed by atoms with Crippen molar-refractivity contribution in [3.05, 3.63) is 62.3 Å². The number of aromatic nitrogens is 2. The van der Waals surface area contributed by atoms with Crippen molar-refractivity contribution in [2.75, 3.05) is 7.05 Å². The largest absolute Gasteiger partial charge is 0.494 e. The number of hydrogen-bond donors (Lipinski definition) is 1. The summed E-state index contributed by atoms with van der Waals surface area (Å²) < 4.78 is 2.03. The standard InChI is InChI=1S/C16H18N4O3/c1-18-14(21)13(15(22)19(2)16(18)23)11-9-12(20(3)17-11)10-7-5-4-6-8-10/h4-8,12,21H,9H2,1-3H3. The van der Waals surface area contributed by atoms with Gasteiger partial charge >= 0.3 is 5.69 Å². The van der Waals surface area contributed by atoms with Gasteiger partial charge in [-0.3, -0.25) is 18.9 Å². The minimum atomic E-state index is -0.567. The van der Waals surface area contributed by atoms with Crippen LogP contribution in [0.15, 0.2) is 45.0 Å². The quantitative estimate of drug-likeness (QED) is 0.879. The molecule has 0 spiro atoms. The first-order valence-electron chi connectivity index (χ1n) is 7.26. The molecular weight excluding hydrogens is 296 g/mol. The topological polar surface area (TPSA) is 79.8 Å². The van der Waals surface area contributed by atoms with Crippen molar-refractivity contribution in [3.8, 4) is 5.88 Å². The van der Waals surface area contributed by atoms with Gasteiger partial charge in [-0.1, -0.05) is 30.3 Å². The summed E-state index contributed by atoms with van der Waals surface area (Å²) >= 11 is 0. The molecule has 1 aliphatic rings. The predicted octanol–water partition coefficient (Wildman–Crippen LogP) is 0.570. The maximum absolute atomic E-state index is 12.4. The molecule has 1 unspecified atom stereocenters. The molecule has 0 radical (unpaired) electrons. The fraction of sp³-hybridized carbons (Fsp3) is 0.312. The Bertz CT molecular complexity index is 896. The Balaban J connectivity index is 2.07. The summed E-state index contributed by atoms with van der Waals surface area (Å²) in [4.78, 5) is 24.2. The van der Waals surface area contributed by atoms with Crippen molar-refractivity contribution >= 4 is 5.71 Å². The van der Waals surface area contributed by atoms with Crippen molar-refractivity contribution in [2.24, 2.45) is 19.2 Å². The zero-order valence-electron chi connectivity index (χ0n) is 13.2. The van der Waals surface area contributed by atoms with E-state index in [2.05, 4.69) is 5.10 Å². The summed E-state index contributed by atoms with van der Waals surface area (Å²) in [5, 5.41) is 16.4. The van der Waals surface area contributed by atoms with Crippen molar-refractivity contribution in [3.63, 3.8) is 0 Å². The van der Waals surface area contributed by atoms with Crippen molar-refractivity contribution < 1.29 is 5.11 Å². The van der Waals surface area contributed by atoms with Crippen LogP contribution in [0.1, 0.15) is 23.6 Å². The summed E-state index contributed by atoms with van der Waals surface area (Å²) in [7, 11) is 4.64. The highest BCUT2D eigenvalue weighted by molar-refractivity contribution is 6.03. The number of rotatable bonds is 2. The van der Waals surface area contributed by atoms with Crippen LogP contribution in [-0.2, 0) is 14.1 Å². The van der Waals surface area contributed by atoms with E-state index in [9.17, 15) is 14.7 Å². The lowest BCUT2D eigenvalue weighted by Gasteiger charge is -2.18. The smallest absolute Gasteiger partial charge is 0.333 e. The molecule has 1 aliphatic heterocycles. The Morgan fingerprint density at radius 2 is 1.74 bits per heavy atom. The Morgan fingerprint density at radius 1 is 1.09 bits per heavy atom. The van der Waals surface area contributed by atoms with Gasteiger partial charge in [0.15, 0.2) is 0 Å². The highest BCUT2D eigenvalue weighted by Crippen LogP contribution is 2.31. The molecule has 1 aromatic heterocycles. The molecule has 0 fully saturated rings. The molecule has 23 heavy (non-hydrogen) atoms. The maximum Gasteiger partial charge on any atom is 0.333 e. The van der Waals surface area contributed by atoms with Gasteiger partial charge in [0, 0.05) is 27.6 Å². The number of hydrazone groups is 1. The second kappa shape index (κ2) is 5.42. The van der Waals surface area contributed by atoms with Crippen LogP contribution >= 0.6 is 0 Å². The molecule has 0 saturated carbocycles. The zero-order valence-corrected chi connectivity index (χ0v) is 13.2. The first-order chi connectivity index (χ1) is 10.9. The van der Waals surface area contributed by atoms with Gasteiger partial charge in [0.1, 0.15) is 5.56 Å². The summed E-state index contributed by atoms with van der Waals surface area (Å²) in [6.45, 7) is 0. The van der Waals surface area contributed by atoms with Crippen LogP contribution < -0.4 is 11.2 Å². The Kier molecular flexibility index (Phi) is 3.55. The lowest BCUT2D eigenvalue weighted by molar-refractivity contribution is 0.290. The summed E-state index contributed by atoms with van der Waals surface area (Å²) in [5.41, 5.74) is 0.541. The monoisotopic (exact) mass is 314 g/mol. The third kappa shape index (κ3) is 2.34. The van der Waals surface area contributed by atoms with Gasteiger partial charge in [-0.2, -0.15) is 5.10 Å². The molecular formula is C16H18N4O3. The van der Waals surface area contributed by atoms with E-state index in [4.69, 9.17) is 0 Å². The highest BCUT2D eigenvalue weighted by atomic mass is 16.3. The zero-order chi connectivity index (χ0) is 16.7. The van der Waals surface area contributed by atoms with E-state index < -0.39 is 11.2 Å².